The lowest BCUT2D eigenvalue weighted by Crippen LogP contribution is -2.21. The molecule has 0 aliphatic carbocycles. The van der Waals surface area contributed by atoms with E-state index in [1.807, 2.05) is 12.4 Å². The summed E-state index contributed by atoms with van der Waals surface area (Å²) in [6.07, 6.45) is 3.67. The molecule has 1 unspecified atom stereocenters. The zero-order valence-corrected chi connectivity index (χ0v) is 10.4. The molecule has 0 amide bonds. The average Bonchev–Trinajstić information content (AvgIpc) is 2.83. The Hall–Kier alpha value is -1.19. The molecule has 0 aromatic carbocycles. The van der Waals surface area contributed by atoms with Gasteiger partial charge in [0.15, 0.2) is 0 Å². The predicted molar refractivity (Wildman–Crippen MR) is 68.5 cm³/mol. The highest BCUT2D eigenvalue weighted by Crippen LogP contribution is 2.22. The van der Waals surface area contributed by atoms with Gasteiger partial charge >= 0.3 is 0 Å². The smallest absolute Gasteiger partial charge is 0.0391 e. The van der Waals surface area contributed by atoms with Crippen LogP contribution in [0, 0.1) is 0 Å². The van der Waals surface area contributed by atoms with E-state index in [0.29, 0.717) is 12.1 Å². The predicted octanol–water partition coefficient (Wildman–Crippen LogP) is 3.55. The van der Waals surface area contributed by atoms with Gasteiger partial charge in [-0.2, -0.15) is 0 Å². The Bertz CT molecular complexity index is 411. The summed E-state index contributed by atoms with van der Waals surface area (Å²) in [4.78, 5) is 5.41. The van der Waals surface area contributed by atoms with Crippen LogP contribution in [-0.2, 0) is 0 Å². The van der Waals surface area contributed by atoms with Crippen LogP contribution >= 0.6 is 11.3 Å². The zero-order valence-electron chi connectivity index (χ0n) is 9.55. The number of aromatic nitrogens is 1. The molecule has 2 heterocycles. The van der Waals surface area contributed by atoms with E-state index in [2.05, 4.69) is 53.8 Å². The van der Waals surface area contributed by atoms with E-state index in [9.17, 15) is 0 Å². The van der Waals surface area contributed by atoms with Gasteiger partial charge in [0.2, 0.25) is 0 Å². The maximum atomic E-state index is 4.03. The molecule has 0 spiro atoms. The quantitative estimate of drug-likeness (QED) is 0.872. The van der Waals surface area contributed by atoms with Gasteiger partial charge in [0.1, 0.15) is 0 Å². The second-order valence-electron chi connectivity index (χ2n) is 3.91. The Labute approximate surface area is 100 Å². The molecule has 2 rings (SSSR count). The van der Waals surface area contributed by atoms with Gasteiger partial charge in [-0.15, -0.1) is 11.3 Å². The van der Waals surface area contributed by atoms with Crippen LogP contribution < -0.4 is 5.32 Å². The van der Waals surface area contributed by atoms with Crippen LogP contribution in [0.3, 0.4) is 0 Å². The van der Waals surface area contributed by atoms with Crippen molar-refractivity contribution in [1.82, 2.24) is 10.3 Å². The fourth-order valence-corrected chi connectivity index (χ4v) is 2.49. The first-order valence-corrected chi connectivity index (χ1v) is 6.34. The summed E-state index contributed by atoms with van der Waals surface area (Å²) < 4.78 is 0. The second kappa shape index (κ2) is 5.23. The molecule has 2 aromatic heterocycles. The summed E-state index contributed by atoms with van der Waals surface area (Å²) in [6, 6.07) is 9.11. The summed E-state index contributed by atoms with van der Waals surface area (Å²) in [5.74, 6) is 0. The minimum absolute atomic E-state index is 0.347. The van der Waals surface area contributed by atoms with E-state index in [1.54, 1.807) is 11.3 Å². The third kappa shape index (κ3) is 2.68. The Morgan fingerprint density at radius 1 is 1.12 bits per heavy atom. The van der Waals surface area contributed by atoms with Crippen molar-refractivity contribution in [2.75, 3.05) is 0 Å². The van der Waals surface area contributed by atoms with Crippen molar-refractivity contribution in [2.45, 2.75) is 25.9 Å². The van der Waals surface area contributed by atoms with E-state index in [4.69, 9.17) is 0 Å². The maximum absolute atomic E-state index is 4.03. The first kappa shape index (κ1) is 11.3. The molecular weight excluding hydrogens is 216 g/mol. The maximum Gasteiger partial charge on any atom is 0.0391 e. The first-order chi connectivity index (χ1) is 7.77. The number of thiophene rings is 1. The lowest BCUT2D eigenvalue weighted by molar-refractivity contribution is 0.500. The normalized spacial score (nSPS) is 14.6. The number of pyridine rings is 1. The van der Waals surface area contributed by atoms with Gasteiger partial charge in [0.05, 0.1) is 0 Å². The molecule has 2 nitrogen and oxygen atoms in total. The van der Waals surface area contributed by atoms with Crippen molar-refractivity contribution < 1.29 is 0 Å². The van der Waals surface area contributed by atoms with Crippen LogP contribution in [0.25, 0.3) is 0 Å². The number of nitrogens with zero attached hydrogens (tertiary/aromatic N) is 1. The highest BCUT2D eigenvalue weighted by Gasteiger charge is 2.11. The number of hydrogen-bond donors (Lipinski definition) is 1. The Morgan fingerprint density at radius 2 is 1.88 bits per heavy atom. The van der Waals surface area contributed by atoms with E-state index < -0.39 is 0 Å². The van der Waals surface area contributed by atoms with Crippen LogP contribution in [0.15, 0.2) is 42.0 Å². The van der Waals surface area contributed by atoms with Gasteiger partial charge < -0.3 is 5.32 Å². The van der Waals surface area contributed by atoms with Crippen LogP contribution in [0.5, 0.6) is 0 Å². The van der Waals surface area contributed by atoms with Crippen LogP contribution in [0.4, 0.5) is 0 Å². The van der Waals surface area contributed by atoms with E-state index in [1.165, 1.54) is 10.4 Å². The standard InChI is InChI=1S/C13H16N2S/c1-10(12-5-7-14-8-6-12)15-11(2)13-4-3-9-16-13/h3-11,15H,1-2H3/t10-,11?/m1/s1. The molecule has 3 heteroatoms. The fourth-order valence-electron chi connectivity index (χ4n) is 1.74. The Kier molecular flexibility index (Phi) is 3.70. The van der Waals surface area contributed by atoms with Gasteiger partial charge in [-0.25, -0.2) is 0 Å². The molecule has 0 saturated carbocycles. The molecule has 84 valence electrons. The monoisotopic (exact) mass is 232 g/mol. The largest absolute Gasteiger partial charge is 0.303 e. The molecule has 0 fully saturated rings. The highest BCUT2D eigenvalue weighted by molar-refractivity contribution is 7.10. The number of nitrogens with one attached hydrogen (secondary N) is 1. The number of hydrogen-bond acceptors (Lipinski definition) is 3. The molecule has 16 heavy (non-hydrogen) atoms. The van der Waals surface area contributed by atoms with Gasteiger partial charge in [-0.1, -0.05) is 6.07 Å². The minimum atomic E-state index is 0.347. The number of rotatable bonds is 4. The van der Waals surface area contributed by atoms with Gasteiger partial charge in [0.25, 0.3) is 0 Å². The summed E-state index contributed by atoms with van der Waals surface area (Å²) >= 11 is 1.79. The van der Waals surface area contributed by atoms with E-state index in [0.717, 1.165) is 0 Å². The SMILES string of the molecule is CC(N[C@H](C)c1ccncc1)c1cccs1. The van der Waals surface area contributed by atoms with Crippen LogP contribution in [0.2, 0.25) is 0 Å². The van der Waals surface area contributed by atoms with Crippen molar-refractivity contribution in [2.24, 2.45) is 0 Å². The third-order valence-electron chi connectivity index (χ3n) is 2.68. The zero-order chi connectivity index (χ0) is 11.4. The molecule has 0 aliphatic heterocycles. The lowest BCUT2D eigenvalue weighted by Gasteiger charge is -2.19. The van der Waals surface area contributed by atoms with E-state index >= 15 is 0 Å². The van der Waals surface area contributed by atoms with Crippen LogP contribution in [0.1, 0.15) is 36.4 Å². The average molecular weight is 232 g/mol. The molecule has 0 radical (unpaired) electrons. The summed E-state index contributed by atoms with van der Waals surface area (Å²) in [5.41, 5.74) is 1.28. The molecule has 0 aliphatic rings. The van der Waals surface area contributed by atoms with Gasteiger partial charge in [-0.05, 0) is 43.0 Å². The summed E-state index contributed by atoms with van der Waals surface area (Å²) in [6.45, 7) is 4.38. The van der Waals surface area contributed by atoms with Crippen molar-refractivity contribution in [3.05, 3.63) is 52.5 Å². The van der Waals surface area contributed by atoms with E-state index in [-0.39, 0.29) is 0 Å². The van der Waals surface area contributed by atoms with Gasteiger partial charge in [0, 0.05) is 29.4 Å². The minimum Gasteiger partial charge on any atom is -0.303 e. The molecule has 0 saturated heterocycles. The topological polar surface area (TPSA) is 24.9 Å². The molecule has 2 atom stereocenters. The van der Waals surface area contributed by atoms with Crippen molar-refractivity contribution >= 4 is 11.3 Å². The van der Waals surface area contributed by atoms with Crippen molar-refractivity contribution in [3.63, 3.8) is 0 Å². The molecule has 1 N–H and O–H groups in total. The third-order valence-corrected chi connectivity index (χ3v) is 3.73. The highest BCUT2D eigenvalue weighted by atomic mass is 32.1. The molecule has 0 bridgehead atoms. The second-order valence-corrected chi connectivity index (χ2v) is 4.89. The fraction of sp³-hybridized carbons (Fsp3) is 0.308. The first-order valence-electron chi connectivity index (χ1n) is 5.46. The molecular formula is C13H16N2S. The summed E-state index contributed by atoms with van der Waals surface area (Å²) in [7, 11) is 0. The van der Waals surface area contributed by atoms with Crippen molar-refractivity contribution in [3.8, 4) is 0 Å². The van der Waals surface area contributed by atoms with Gasteiger partial charge in [-0.3, -0.25) is 4.98 Å². The Balaban J connectivity index is 2.00. The van der Waals surface area contributed by atoms with Crippen molar-refractivity contribution in [1.29, 1.82) is 0 Å². The Morgan fingerprint density at radius 3 is 2.50 bits per heavy atom. The van der Waals surface area contributed by atoms with Crippen LogP contribution in [-0.4, -0.2) is 4.98 Å². The molecule has 2 aromatic rings. The summed E-state index contributed by atoms with van der Waals surface area (Å²) in [5, 5.41) is 5.70. The lowest BCUT2D eigenvalue weighted by atomic mass is 10.1.